The van der Waals surface area contributed by atoms with Gasteiger partial charge in [0, 0.05) is 20.0 Å². The van der Waals surface area contributed by atoms with Crippen molar-refractivity contribution in [2.24, 2.45) is 0 Å². The summed E-state index contributed by atoms with van der Waals surface area (Å²) in [6, 6.07) is 9.57. The second-order valence-corrected chi connectivity index (χ2v) is 7.53. The molecule has 0 atom stereocenters. The Balaban J connectivity index is 1.86. The van der Waals surface area contributed by atoms with E-state index in [-0.39, 0.29) is 23.9 Å². The van der Waals surface area contributed by atoms with E-state index in [1.807, 2.05) is 6.92 Å². The minimum absolute atomic E-state index is 0.0436. The summed E-state index contributed by atoms with van der Waals surface area (Å²) >= 11 is 12.6. The lowest BCUT2D eigenvalue weighted by atomic mass is 10.2. The van der Waals surface area contributed by atoms with E-state index >= 15 is 0 Å². The van der Waals surface area contributed by atoms with Crippen LogP contribution in [0.3, 0.4) is 0 Å². The van der Waals surface area contributed by atoms with Gasteiger partial charge in [-0.05, 0) is 29.8 Å². The number of benzene rings is 2. The van der Waals surface area contributed by atoms with Gasteiger partial charge in [0.2, 0.25) is 5.82 Å². The van der Waals surface area contributed by atoms with Crippen LogP contribution < -0.4 is 9.47 Å². The number of amides is 1. The summed E-state index contributed by atoms with van der Waals surface area (Å²) in [5, 5.41) is 5.06. The Labute approximate surface area is 193 Å². The zero-order valence-electron chi connectivity index (χ0n) is 17.5. The molecule has 7 nitrogen and oxygen atoms in total. The summed E-state index contributed by atoms with van der Waals surface area (Å²) in [5.41, 5.74) is 0.993. The second kappa shape index (κ2) is 10.1. The molecule has 170 valence electrons. The van der Waals surface area contributed by atoms with Gasteiger partial charge in [-0.1, -0.05) is 42.3 Å². The second-order valence-electron chi connectivity index (χ2n) is 6.71. The normalized spacial score (nSPS) is 11.0. The van der Waals surface area contributed by atoms with Crippen LogP contribution in [0.2, 0.25) is 10.0 Å². The number of hydrogen-bond acceptors (Lipinski definition) is 5. The quantitative estimate of drug-likeness (QED) is 0.448. The number of hydrogen-bond donors (Lipinski definition) is 0. The molecule has 3 aromatic rings. The Morgan fingerprint density at radius 1 is 1.19 bits per heavy atom. The lowest BCUT2D eigenvalue weighted by molar-refractivity contribution is -0.0512. The van der Waals surface area contributed by atoms with Crippen molar-refractivity contribution in [1.82, 2.24) is 19.7 Å². The molecule has 0 bridgehead atoms. The third kappa shape index (κ3) is 5.11. The molecule has 0 aliphatic heterocycles. The van der Waals surface area contributed by atoms with E-state index in [4.69, 9.17) is 27.9 Å². The molecule has 11 heteroatoms. The lowest BCUT2D eigenvalue weighted by Crippen LogP contribution is -2.27. The molecule has 0 aliphatic carbocycles. The number of alkyl halides is 2. The molecule has 0 fully saturated rings. The highest BCUT2D eigenvalue weighted by molar-refractivity contribution is 6.37. The highest BCUT2D eigenvalue weighted by atomic mass is 35.5. The van der Waals surface area contributed by atoms with Crippen molar-refractivity contribution in [3.8, 4) is 17.2 Å². The molecule has 0 radical (unpaired) electrons. The fourth-order valence-electron chi connectivity index (χ4n) is 3.06. The van der Waals surface area contributed by atoms with E-state index in [9.17, 15) is 13.6 Å². The number of carbonyl (C=O) groups is 1. The van der Waals surface area contributed by atoms with Crippen LogP contribution in [-0.2, 0) is 13.0 Å². The summed E-state index contributed by atoms with van der Waals surface area (Å²) in [5.74, 6) is 0.0398. The Bertz CT molecular complexity index is 1100. The predicted molar refractivity (Wildman–Crippen MR) is 116 cm³/mol. The van der Waals surface area contributed by atoms with Gasteiger partial charge in [0.15, 0.2) is 11.5 Å². The number of halogens is 4. The highest BCUT2D eigenvalue weighted by Gasteiger charge is 2.22. The smallest absolute Gasteiger partial charge is 0.387 e. The molecule has 2 aromatic carbocycles. The first-order chi connectivity index (χ1) is 15.2. The molecule has 32 heavy (non-hydrogen) atoms. The summed E-state index contributed by atoms with van der Waals surface area (Å²) in [6.45, 7) is -1.04. The maximum Gasteiger partial charge on any atom is 0.387 e. The van der Waals surface area contributed by atoms with Crippen molar-refractivity contribution in [1.29, 1.82) is 0 Å². The average molecular weight is 485 g/mol. The molecule has 0 saturated heterocycles. The number of ether oxygens (including phenoxy) is 2. The van der Waals surface area contributed by atoms with Gasteiger partial charge in [0.05, 0.1) is 17.2 Å². The molecule has 3 rings (SSSR count). The van der Waals surface area contributed by atoms with Gasteiger partial charge < -0.3 is 14.4 Å². The van der Waals surface area contributed by atoms with Crippen molar-refractivity contribution < 1.29 is 23.0 Å². The maximum absolute atomic E-state index is 13.0. The molecule has 0 saturated carbocycles. The first-order valence-corrected chi connectivity index (χ1v) is 10.3. The number of para-hydroxylation sites is 1. The number of nitrogens with zero attached hydrogens (tertiary/aromatic N) is 4. The van der Waals surface area contributed by atoms with Crippen LogP contribution in [0.5, 0.6) is 11.5 Å². The molecule has 0 aliphatic rings. The number of aryl methyl sites for hydroxylation is 1. The van der Waals surface area contributed by atoms with Crippen LogP contribution in [0.1, 0.15) is 28.9 Å². The summed E-state index contributed by atoms with van der Waals surface area (Å²) in [7, 11) is 2.90. The van der Waals surface area contributed by atoms with Gasteiger partial charge in [-0.25, -0.2) is 9.67 Å². The zero-order valence-corrected chi connectivity index (χ0v) is 19.0. The standard InChI is InChI=1S/C21H20Cl2F2N4O3/c1-4-17-26-19(27-29(17)18-13(22)6-5-7-14(18)23)20(30)28(2)11-12-8-9-15(31-3)16(10-12)32-21(24)25/h5-10,21H,4,11H2,1-3H3. The van der Waals surface area contributed by atoms with Crippen molar-refractivity contribution in [2.45, 2.75) is 26.5 Å². The summed E-state index contributed by atoms with van der Waals surface area (Å²) in [6.07, 6.45) is 0.484. The highest BCUT2D eigenvalue weighted by Crippen LogP contribution is 2.31. The van der Waals surface area contributed by atoms with Gasteiger partial charge in [-0.3, -0.25) is 4.79 Å². The Kier molecular flexibility index (Phi) is 7.52. The summed E-state index contributed by atoms with van der Waals surface area (Å²) in [4.78, 5) is 18.7. The van der Waals surface area contributed by atoms with Crippen molar-refractivity contribution >= 4 is 29.1 Å². The molecule has 0 unspecified atom stereocenters. The number of methoxy groups -OCH3 is 1. The first kappa shape index (κ1) is 23.7. The van der Waals surface area contributed by atoms with Crippen LogP contribution >= 0.6 is 23.2 Å². The number of rotatable bonds is 8. The fourth-order valence-corrected chi connectivity index (χ4v) is 3.62. The Morgan fingerprint density at radius 2 is 1.88 bits per heavy atom. The van der Waals surface area contributed by atoms with Crippen LogP contribution in [0.4, 0.5) is 8.78 Å². The van der Waals surface area contributed by atoms with Crippen molar-refractivity contribution in [2.75, 3.05) is 14.2 Å². The topological polar surface area (TPSA) is 69.5 Å². The third-order valence-electron chi connectivity index (χ3n) is 4.54. The van der Waals surface area contributed by atoms with Gasteiger partial charge in [0.25, 0.3) is 5.91 Å². The molecular formula is C21H20Cl2F2N4O3. The van der Waals surface area contributed by atoms with Gasteiger partial charge in [0.1, 0.15) is 11.5 Å². The molecule has 1 heterocycles. The lowest BCUT2D eigenvalue weighted by Gasteiger charge is -2.17. The maximum atomic E-state index is 13.0. The van der Waals surface area contributed by atoms with Crippen LogP contribution in [0.25, 0.3) is 5.69 Å². The van der Waals surface area contributed by atoms with Gasteiger partial charge in [-0.2, -0.15) is 8.78 Å². The predicted octanol–water partition coefficient (Wildman–Crippen LogP) is 5.02. The van der Waals surface area contributed by atoms with Crippen LogP contribution in [0.15, 0.2) is 36.4 Å². The first-order valence-electron chi connectivity index (χ1n) is 9.52. The minimum Gasteiger partial charge on any atom is -0.493 e. The van der Waals surface area contributed by atoms with Crippen LogP contribution in [0, 0.1) is 0 Å². The SMILES string of the molecule is CCc1nc(C(=O)N(C)Cc2ccc(OC)c(OC(F)F)c2)nn1-c1c(Cl)cccc1Cl. The number of aromatic nitrogens is 3. The Hall–Kier alpha value is -2.91. The van der Waals surface area contributed by atoms with E-state index in [1.165, 1.54) is 28.8 Å². The van der Waals surface area contributed by atoms with E-state index in [0.717, 1.165) is 0 Å². The van der Waals surface area contributed by atoms with Crippen LogP contribution in [-0.4, -0.2) is 46.3 Å². The molecule has 0 spiro atoms. The monoisotopic (exact) mass is 484 g/mol. The minimum atomic E-state index is -3.00. The molecular weight excluding hydrogens is 465 g/mol. The van der Waals surface area contributed by atoms with Gasteiger partial charge in [-0.15, -0.1) is 5.10 Å². The average Bonchev–Trinajstić information content (AvgIpc) is 3.16. The molecule has 0 N–H and O–H groups in total. The van der Waals surface area contributed by atoms with Gasteiger partial charge >= 0.3 is 6.61 Å². The van der Waals surface area contributed by atoms with E-state index in [2.05, 4.69) is 14.8 Å². The van der Waals surface area contributed by atoms with E-state index in [1.54, 1.807) is 31.3 Å². The number of carbonyl (C=O) groups excluding carboxylic acids is 1. The summed E-state index contributed by atoms with van der Waals surface area (Å²) < 4.78 is 36.3. The largest absolute Gasteiger partial charge is 0.493 e. The molecule has 1 amide bonds. The zero-order chi connectivity index (χ0) is 23.4. The fraction of sp³-hybridized carbons (Fsp3) is 0.286. The molecule has 1 aromatic heterocycles. The van der Waals surface area contributed by atoms with E-state index in [0.29, 0.717) is 33.5 Å². The third-order valence-corrected chi connectivity index (χ3v) is 5.15. The van der Waals surface area contributed by atoms with Crippen molar-refractivity contribution in [3.05, 3.63) is 63.7 Å². The van der Waals surface area contributed by atoms with E-state index < -0.39 is 12.5 Å². The van der Waals surface area contributed by atoms with Crippen molar-refractivity contribution in [3.63, 3.8) is 0 Å². The Morgan fingerprint density at radius 3 is 2.47 bits per heavy atom.